The summed E-state index contributed by atoms with van der Waals surface area (Å²) in [5.41, 5.74) is 0. The minimum absolute atomic E-state index is 0.194. The summed E-state index contributed by atoms with van der Waals surface area (Å²) < 4.78 is 23.3. The van der Waals surface area contributed by atoms with Gasteiger partial charge in [-0.2, -0.15) is 0 Å². The first-order chi connectivity index (χ1) is 9.34. The fourth-order valence-corrected chi connectivity index (χ4v) is 3.53. The van der Waals surface area contributed by atoms with Crippen LogP contribution >= 0.6 is 0 Å². The smallest absolute Gasteiger partial charge is 0.194 e. The third-order valence-corrected chi connectivity index (χ3v) is 6.00. The number of aliphatic imine (C=N–C) groups is 1. The van der Waals surface area contributed by atoms with Gasteiger partial charge in [0, 0.05) is 26.2 Å². The summed E-state index contributed by atoms with van der Waals surface area (Å²) in [5, 5.41) is 3.25. The largest absolute Gasteiger partial charge is 0.357 e. The molecule has 0 bridgehead atoms. The number of nitrogens with zero attached hydrogens (tertiary/aromatic N) is 2. The van der Waals surface area contributed by atoms with Crippen molar-refractivity contribution in [2.24, 2.45) is 4.99 Å². The van der Waals surface area contributed by atoms with Crippen LogP contribution in [-0.4, -0.2) is 56.0 Å². The maximum atomic E-state index is 12.0. The Bertz CT molecular complexity index is 467. The lowest BCUT2D eigenvalue weighted by atomic mass is 10.2. The molecule has 1 rings (SSSR count). The van der Waals surface area contributed by atoms with Gasteiger partial charge in [0.05, 0.1) is 10.5 Å². The van der Waals surface area contributed by atoms with E-state index < -0.39 is 14.6 Å². The van der Waals surface area contributed by atoms with Crippen molar-refractivity contribution in [2.75, 3.05) is 31.9 Å². The summed E-state index contributed by atoms with van der Waals surface area (Å²) in [7, 11) is -3.01. The fraction of sp³-hybridized carbons (Fsp3) is 0.786. The highest BCUT2D eigenvalue weighted by atomic mass is 32.2. The van der Waals surface area contributed by atoms with E-state index in [4.69, 9.17) is 0 Å². The van der Waals surface area contributed by atoms with Crippen LogP contribution < -0.4 is 5.32 Å². The van der Waals surface area contributed by atoms with Crippen molar-refractivity contribution in [3.8, 4) is 0 Å². The Hall–Kier alpha value is -1.04. The summed E-state index contributed by atoms with van der Waals surface area (Å²) in [5.74, 6) is 1.01. The van der Waals surface area contributed by atoms with E-state index in [0.29, 0.717) is 13.1 Å². The molecule has 0 radical (unpaired) electrons. The van der Waals surface area contributed by atoms with Crippen molar-refractivity contribution >= 4 is 15.8 Å². The van der Waals surface area contributed by atoms with Gasteiger partial charge in [-0.1, -0.05) is 12.2 Å². The third-order valence-electron chi connectivity index (χ3n) is 3.47. The zero-order valence-electron chi connectivity index (χ0n) is 13.0. The van der Waals surface area contributed by atoms with Crippen molar-refractivity contribution < 1.29 is 8.42 Å². The van der Waals surface area contributed by atoms with Crippen molar-refractivity contribution in [1.82, 2.24) is 10.2 Å². The van der Waals surface area contributed by atoms with Crippen LogP contribution in [-0.2, 0) is 9.84 Å². The molecule has 0 aliphatic carbocycles. The molecule has 0 amide bonds. The van der Waals surface area contributed by atoms with E-state index in [2.05, 4.69) is 21.3 Å². The number of nitrogens with one attached hydrogen (secondary N) is 1. The van der Waals surface area contributed by atoms with Gasteiger partial charge in [0.1, 0.15) is 0 Å². The molecule has 1 N–H and O–H groups in total. The monoisotopic (exact) mass is 301 g/mol. The molecule has 5 nitrogen and oxygen atoms in total. The maximum absolute atomic E-state index is 12.0. The first-order valence-corrected chi connectivity index (χ1v) is 8.86. The first-order valence-electron chi connectivity index (χ1n) is 7.21. The molecule has 116 valence electrons. The molecule has 1 heterocycles. The number of hydrogen-bond donors (Lipinski definition) is 1. The average molecular weight is 301 g/mol. The molecule has 0 saturated carbocycles. The topological polar surface area (TPSA) is 61.8 Å². The van der Waals surface area contributed by atoms with Gasteiger partial charge in [-0.3, -0.25) is 4.99 Å². The van der Waals surface area contributed by atoms with Crippen LogP contribution in [0.3, 0.4) is 0 Å². The van der Waals surface area contributed by atoms with Crippen molar-refractivity contribution in [3.05, 3.63) is 12.2 Å². The molecular formula is C14H27N3O2S. The maximum Gasteiger partial charge on any atom is 0.194 e. The molecule has 6 heteroatoms. The minimum atomic E-state index is -3.01. The quantitative estimate of drug-likeness (QED) is 0.369. The SMILES string of the molecule is C/C=C/CCN=C(NCC)N1CCS(=O)(=O)C(C)(C)C1. The van der Waals surface area contributed by atoms with E-state index in [0.717, 1.165) is 25.5 Å². The Morgan fingerprint density at radius 1 is 1.45 bits per heavy atom. The zero-order chi connectivity index (χ0) is 15.2. The van der Waals surface area contributed by atoms with E-state index in [9.17, 15) is 8.42 Å². The van der Waals surface area contributed by atoms with Gasteiger partial charge >= 0.3 is 0 Å². The predicted molar refractivity (Wildman–Crippen MR) is 84.8 cm³/mol. The normalized spacial score (nSPS) is 22.2. The molecule has 0 spiro atoms. The van der Waals surface area contributed by atoms with Crippen molar-refractivity contribution in [3.63, 3.8) is 0 Å². The van der Waals surface area contributed by atoms with Gasteiger partial charge in [0.25, 0.3) is 0 Å². The molecule has 20 heavy (non-hydrogen) atoms. The molecule has 0 aromatic heterocycles. The van der Waals surface area contributed by atoms with Crippen LogP contribution in [0.5, 0.6) is 0 Å². The Balaban J connectivity index is 2.78. The molecule has 1 saturated heterocycles. The van der Waals surface area contributed by atoms with Crippen molar-refractivity contribution in [2.45, 2.75) is 38.9 Å². The summed E-state index contributed by atoms with van der Waals surface area (Å²) in [6, 6.07) is 0. The Morgan fingerprint density at radius 3 is 2.70 bits per heavy atom. The van der Waals surface area contributed by atoms with E-state index in [1.54, 1.807) is 13.8 Å². The second-order valence-electron chi connectivity index (χ2n) is 5.59. The van der Waals surface area contributed by atoms with E-state index in [1.807, 2.05) is 19.9 Å². The second-order valence-corrected chi connectivity index (χ2v) is 8.34. The van der Waals surface area contributed by atoms with E-state index >= 15 is 0 Å². The van der Waals surface area contributed by atoms with Crippen LogP contribution in [0.15, 0.2) is 17.1 Å². The molecule has 0 atom stereocenters. The molecule has 1 aliphatic heterocycles. The summed E-state index contributed by atoms with van der Waals surface area (Å²) in [4.78, 5) is 6.63. The minimum Gasteiger partial charge on any atom is -0.357 e. The van der Waals surface area contributed by atoms with Gasteiger partial charge < -0.3 is 10.2 Å². The Kier molecular flexibility index (Phi) is 6.05. The summed E-state index contributed by atoms with van der Waals surface area (Å²) in [6.45, 7) is 10.1. The Labute approximate surface area is 123 Å². The molecule has 0 aromatic carbocycles. The molecular weight excluding hydrogens is 274 g/mol. The number of rotatable bonds is 4. The van der Waals surface area contributed by atoms with Gasteiger partial charge in [-0.25, -0.2) is 8.42 Å². The fourth-order valence-electron chi connectivity index (χ4n) is 2.16. The third kappa shape index (κ3) is 4.23. The van der Waals surface area contributed by atoms with Gasteiger partial charge in [-0.05, 0) is 34.1 Å². The van der Waals surface area contributed by atoms with E-state index in [-0.39, 0.29) is 5.75 Å². The van der Waals surface area contributed by atoms with Crippen LogP contribution in [0.1, 0.15) is 34.1 Å². The number of guanidine groups is 1. The van der Waals surface area contributed by atoms with Crippen molar-refractivity contribution in [1.29, 1.82) is 0 Å². The highest BCUT2D eigenvalue weighted by Gasteiger charge is 2.40. The Morgan fingerprint density at radius 2 is 2.15 bits per heavy atom. The number of allylic oxidation sites excluding steroid dienone is 1. The van der Waals surface area contributed by atoms with Crippen LogP contribution in [0.25, 0.3) is 0 Å². The highest BCUT2D eigenvalue weighted by molar-refractivity contribution is 7.92. The van der Waals surface area contributed by atoms with Crippen LogP contribution in [0, 0.1) is 0 Å². The van der Waals surface area contributed by atoms with Gasteiger partial charge in [0.2, 0.25) is 0 Å². The molecule has 0 unspecified atom stereocenters. The lowest BCUT2D eigenvalue weighted by Crippen LogP contribution is -2.57. The van der Waals surface area contributed by atoms with Gasteiger partial charge in [-0.15, -0.1) is 0 Å². The van der Waals surface area contributed by atoms with Crippen LogP contribution in [0.2, 0.25) is 0 Å². The zero-order valence-corrected chi connectivity index (χ0v) is 13.8. The number of hydrogen-bond acceptors (Lipinski definition) is 3. The lowest BCUT2D eigenvalue weighted by Gasteiger charge is -2.39. The predicted octanol–water partition coefficient (Wildman–Crippen LogP) is 1.43. The average Bonchev–Trinajstić information content (AvgIpc) is 2.37. The van der Waals surface area contributed by atoms with E-state index in [1.165, 1.54) is 0 Å². The summed E-state index contributed by atoms with van der Waals surface area (Å²) in [6.07, 6.45) is 5.00. The van der Waals surface area contributed by atoms with Gasteiger partial charge in [0.15, 0.2) is 15.8 Å². The molecule has 1 fully saturated rings. The standard InChI is InChI=1S/C14H27N3O2S/c1-5-7-8-9-16-13(15-6-2)17-10-11-20(18,19)14(3,4)12-17/h5,7H,6,8-12H2,1-4H3,(H,15,16)/b7-5+. The molecule has 0 aromatic rings. The van der Waals surface area contributed by atoms with Crippen LogP contribution in [0.4, 0.5) is 0 Å². The number of sulfone groups is 1. The second kappa shape index (κ2) is 7.11. The highest BCUT2D eigenvalue weighted by Crippen LogP contribution is 2.23. The summed E-state index contributed by atoms with van der Waals surface area (Å²) >= 11 is 0. The first kappa shape index (κ1) is 17.0. The molecule has 1 aliphatic rings. The lowest BCUT2D eigenvalue weighted by molar-refractivity contribution is 0.353.